The molecule has 0 unspecified atom stereocenters. The number of nitrogens with one attached hydrogen (secondary N) is 2. The first-order valence-electron chi connectivity index (χ1n) is 12.5. The van der Waals surface area contributed by atoms with Crippen LogP contribution in [0.15, 0.2) is 42.5 Å². The number of carbonyl (C=O) groups is 1. The van der Waals surface area contributed by atoms with Crippen LogP contribution >= 0.6 is 0 Å². The number of hydrogen-bond acceptors (Lipinski definition) is 8. The van der Waals surface area contributed by atoms with Gasteiger partial charge in [0.25, 0.3) is 0 Å². The Bertz CT molecular complexity index is 906. The molecule has 4 N–H and O–H groups in total. The summed E-state index contributed by atoms with van der Waals surface area (Å²) in [4.78, 5) is 12.7. The summed E-state index contributed by atoms with van der Waals surface area (Å²) < 4.78 is 21.8. The molecule has 0 fully saturated rings. The molecule has 198 valence electrons. The molecule has 8 nitrogen and oxygen atoms in total. The highest BCUT2D eigenvalue weighted by Crippen LogP contribution is 2.38. The van der Waals surface area contributed by atoms with Gasteiger partial charge in [0.15, 0.2) is 17.3 Å². The van der Waals surface area contributed by atoms with E-state index < -0.39 is 0 Å². The van der Waals surface area contributed by atoms with Gasteiger partial charge in [-0.3, -0.25) is 4.79 Å². The van der Waals surface area contributed by atoms with Crippen molar-refractivity contribution in [2.45, 2.75) is 25.7 Å². The highest BCUT2D eigenvalue weighted by molar-refractivity contribution is 6.07. The number of ether oxygens (including phenoxy) is 4. The molecule has 2 rings (SSSR count). The van der Waals surface area contributed by atoms with E-state index in [1.807, 2.05) is 24.3 Å². The van der Waals surface area contributed by atoms with Gasteiger partial charge >= 0.3 is 0 Å². The number of ketones is 1. The Hall–Kier alpha value is -3.07. The molecule has 0 aliphatic carbocycles. The summed E-state index contributed by atoms with van der Waals surface area (Å²) in [6, 6.07) is 10.9. The van der Waals surface area contributed by atoms with E-state index in [0.717, 1.165) is 69.7 Å². The Labute approximate surface area is 215 Å². The summed E-state index contributed by atoms with van der Waals surface area (Å²) in [6.07, 6.45) is 7.58. The quantitative estimate of drug-likeness (QED) is 0.153. The number of carbonyl (C=O) groups excluding carboxylic acids is 1. The molecule has 0 saturated carbocycles. The molecule has 2 aromatic carbocycles. The van der Waals surface area contributed by atoms with Crippen LogP contribution in [0.2, 0.25) is 0 Å². The highest BCUT2D eigenvalue weighted by Gasteiger charge is 2.15. The van der Waals surface area contributed by atoms with E-state index in [4.69, 9.17) is 24.7 Å². The third-order valence-corrected chi connectivity index (χ3v) is 5.54. The molecule has 0 aliphatic rings. The monoisotopic (exact) mass is 499 g/mol. The lowest BCUT2D eigenvalue weighted by Crippen LogP contribution is -2.24. The van der Waals surface area contributed by atoms with Crippen molar-refractivity contribution in [2.24, 2.45) is 5.73 Å². The zero-order valence-electron chi connectivity index (χ0n) is 21.8. The average molecular weight is 500 g/mol. The number of nitrogens with two attached hydrogens (primary N) is 1. The maximum absolute atomic E-state index is 12.7. The van der Waals surface area contributed by atoms with E-state index in [-0.39, 0.29) is 5.78 Å². The zero-order valence-corrected chi connectivity index (χ0v) is 21.8. The fourth-order valence-electron chi connectivity index (χ4n) is 3.54. The Kier molecular flexibility index (Phi) is 14.1. The SMILES string of the molecule is COc1cc(C(=O)/C=C/c2ccc(OCCCNCCCNCCCCN)cc2)cc(OC)c1OC. The van der Waals surface area contributed by atoms with Crippen molar-refractivity contribution in [3.05, 3.63) is 53.6 Å². The van der Waals surface area contributed by atoms with Gasteiger partial charge in [-0.05, 0) is 94.3 Å². The van der Waals surface area contributed by atoms with Crippen molar-refractivity contribution in [2.75, 3.05) is 60.7 Å². The molecule has 2 aromatic rings. The van der Waals surface area contributed by atoms with Gasteiger partial charge in [0.05, 0.1) is 27.9 Å². The molecule has 36 heavy (non-hydrogen) atoms. The van der Waals surface area contributed by atoms with E-state index in [0.29, 0.717) is 29.4 Å². The summed E-state index contributed by atoms with van der Waals surface area (Å²) in [7, 11) is 4.57. The van der Waals surface area contributed by atoms with Crippen molar-refractivity contribution in [3.63, 3.8) is 0 Å². The first kappa shape index (κ1) is 29.2. The average Bonchev–Trinajstić information content (AvgIpc) is 2.92. The van der Waals surface area contributed by atoms with Gasteiger partial charge in [0.1, 0.15) is 5.75 Å². The molecule has 0 radical (unpaired) electrons. The minimum Gasteiger partial charge on any atom is -0.494 e. The largest absolute Gasteiger partial charge is 0.494 e. The first-order chi connectivity index (χ1) is 17.6. The van der Waals surface area contributed by atoms with Crippen LogP contribution in [-0.4, -0.2) is 66.4 Å². The van der Waals surface area contributed by atoms with Crippen molar-refractivity contribution < 1.29 is 23.7 Å². The molecule has 0 atom stereocenters. The normalized spacial score (nSPS) is 11.0. The minimum atomic E-state index is -0.163. The fourth-order valence-corrected chi connectivity index (χ4v) is 3.54. The molecular formula is C28H41N3O5. The third-order valence-electron chi connectivity index (χ3n) is 5.54. The Morgan fingerprint density at radius 2 is 1.44 bits per heavy atom. The lowest BCUT2D eigenvalue weighted by molar-refractivity contribution is 0.104. The van der Waals surface area contributed by atoms with Crippen LogP contribution in [0.4, 0.5) is 0 Å². The molecule has 0 amide bonds. The van der Waals surface area contributed by atoms with E-state index >= 15 is 0 Å². The zero-order chi connectivity index (χ0) is 26.0. The van der Waals surface area contributed by atoms with Crippen molar-refractivity contribution in [1.82, 2.24) is 10.6 Å². The van der Waals surface area contributed by atoms with Crippen LogP contribution in [0.5, 0.6) is 23.0 Å². The first-order valence-corrected chi connectivity index (χ1v) is 12.5. The molecule has 0 saturated heterocycles. The number of rotatable bonds is 19. The predicted octanol–water partition coefficient (Wildman–Crippen LogP) is 3.69. The van der Waals surface area contributed by atoms with Gasteiger partial charge < -0.3 is 35.3 Å². The van der Waals surface area contributed by atoms with Crippen LogP contribution < -0.4 is 35.3 Å². The molecule has 0 bridgehead atoms. The molecule has 0 aromatic heterocycles. The van der Waals surface area contributed by atoms with E-state index in [9.17, 15) is 4.79 Å². The number of benzene rings is 2. The number of hydrogen-bond donors (Lipinski definition) is 3. The van der Waals surface area contributed by atoms with Gasteiger partial charge in [-0.1, -0.05) is 18.2 Å². The number of unbranched alkanes of at least 4 members (excludes halogenated alkanes) is 1. The molecule has 0 aliphatic heterocycles. The maximum Gasteiger partial charge on any atom is 0.203 e. The van der Waals surface area contributed by atoms with Crippen LogP contribution in [0, 0.1) is 0 Å². The second-order valence-corrected chi connectivity index (χ2v) is 8.23. The van der Waals surface area contributed by atoms with E-state index in [1.165, 1.54) is 27.4 Å². The second kappa shape index (κ2) is 17.4. The summed E-state index contributed by atoms with van der Waals surface area (Å²) in [5.41, 5.74) is 6.84. The third kappa shape index (κ3) is 10.3. The van der Waals surface area contributed by atoms with E-state index in [2.05, 4.69) is 10.6 Å². The molecule has 8 heteroatoms. The van der Waals surface area contributed by atoms with Crippen molar-refractivity contribution >= 4 is 11.9 Å². The van der Waals surface area contributed by atoms with Gasteiger partial charge in [-0.15, -0.1) is 0 Å². The summed E-state index contributed by atoms with van der Waals surface area (Å²) in [5.74, 6) is 1.98. The van der Waals surface area contributed by atoms with Gasteiger partial charge in [0, 0.05) is 5.56 Å². The maximum atomic E-state index is 12.7. The number of allylic oxidation sites excluding steroid dienone is 1. The van der Waals surface area contributed by atoms with Crippen LogP contribution in [0.1, 0.15) is 41.6 Å². The van der Waals surface area contributed by atoms with E-state index in [1.54, 1.807) is 18.2 Å². The van der Waals surface area contributed by atoms with Gasteiger partial charge in [0.2, 0.25) is 5.75 Å². The van der Waals surface area contributed by atoms with Crippen molar-refractivity contribution in [1.29, 1.82) is 0 Å². The van der Waals surface area contributed by atoms with Crippen LogP contribution in [-0.2, 0) is 0 Å². The summed E-state index contributed by atoms with van der Waals surface area (Å²) >= 11 is 0. The summed E-state index contributed by atoms with van der Waals surface area (Å²) in [6.45, 7) is 5.42. The van der Waals surface area contributed by atoms with Gasteiger partial charge in [-0.25, -0.2) is 0 Å². The van der Waals surface area contributed by atoms with Crippen molar-refractivity contribution in [3.8, 4) is 23.0 Å². The minimum absolute atomic E-state index is 0.163. The Morgan fingerprint density at radius 3 is 2.03 bits per heavy atom. The lowest BCUT2D eigenvalue weighted by Gasteiger charge is -2.13. The molecule has 0 spiro atoms. The fraction of sp³-hybridized carbons (Fsp3) is 0.464. The summed E-state index contributed by atoms with van der Waals surface area (Å²) in [5, 5.41) is 6.87. The molecule has 0 heterocycles. The van der Waals surface area contributed by atoms with Crippen LogP contribution in [0.3, 0.4) is 0 Å². The lowest BCUT2D eigenvalue weighted by atomic mass is 10.1. The van der Waals surface area contributed by atoms with Crippen LogP contribution in [0.25, 0.3) is 6.08 Å². The highest BCUT2D eigenvalue weighted by atomic mass is 16.5. The predicted molar refractivity (Wildman–Crippen MR) is 145 cm³/mol. The Morgan fingerprint density at radius 1 is 0.833 bits per heavy atom. The standard InChI is InChI=1S/C28H41N3O5/c1-33-26-20-23(21-27(34-2)28(26)35-3)25(32)13-10-22-8-11-24(12-9-22)36-19-7-18-31-17-6-16-30-15-5-4-14-29/h8-13,20-21,30-31H,4-7,14-19,29H2,1-3H3/b13-10+. The Balaban J connectivity index is 1.70. The topological polar surface area (TPSA) is 104 Å². The second-order valence-electron chi connectivity index (χ2n) is 8.23. The van der Waals surface area contributed by atoms with Gasteiger partial charge in [-0.2, -0.15) is 0 Å². The molecular weight excluding hydrogens is 458 g/mol. The smallest absolute Gasteiger partial charge is 0.203 e. The number of methoxy groups -OCH3 is 3.